The summed E-state index contributed by atoms with van der Waals surface area (Å²) in [5.41, 5.74) is 0.373. The summed E-state index contributed by atoms with van der Waals surface area (Å²) in [6, 6.07) is -0.583. The number of hydrogen-bond acceptors (Lipinski definition) is 2. The van der Waals surface area contributed by atoms with Crippen molar-refractivity contribution in [3.63, 3.8) is 0 Å². The molecule has 1 aliphatic heterocycles. The number of hydrogen-bond donors (Lipinski definition) is 1. The van der Waals surface area contributed by atoms with E-state index in [4.69, 9.17) is 0 Å². The van der Waals surface area contributed by atoms with E-state index in [1.807, 2.05) is 18.7 Å². The number of carbonyl (C=O) groups is 2. The van der Waals surface area contributed by atoms with E-state index in [-0.39, 0.29) is 23.9 Å². The second-order valence-corrected chi connectivity index (χ2v) is 6.63. The Hall–Kier alpha value is -1.06. The molecule has 0 spiro atoms. The van der Waals surface area contributed by atoms with Crippen LogP contribution in [0.1, 0.15) is 52.4 Å². The Morgan fingerprint density at radius 2 is 2.00 bits per heavy atom. The number of nitrogens with zero attached hydrogens (tertiary/aromatic N) is 1. The normalized spacial score (nSPS) is 33.3. The lowest BCUT2D eigenvalue weighted by atomic mass is 9.96. The van der Waals surface area contributed by atoms with E-state index in [1.165, 1.54) is 25.7 Å². The zero-order valence-corrected chi connectivity index (χ0v) is 11.9. The van der Waals surface area contributed by atoms with Crippen LogP contribution in [0.2, 0.25) is 0 Å². The van der Waals surface area contributed by atoms with Gasteiger partial charge in [-0.05, 0) is 50.4 Å². The molecular weight excluding hydrogens is 240 g/mol. The minimum Gasteiger partial charge on any atom is -0.343 e. The fourth-order valence-corrected chi connectivity index (χ4v) is 3.48. The molecule has 0 aromatic carbocycles. The van der Waals surface area contributed by atoms with Gasteiger partial charge in [-0.15, -0.1) is 0 Å². The first-order chi connectivity index (χ1) is 9.07. The molecule has 0 radical (unpaired) electrons. The third-order valence-corrected chi connectivity index (χ3v) is 5.14. The fraction of sp³-hybridized carbons (Fsp3) is 0.867. The smallest absolute Gasteiger partial charge is 0.245 e. The molecule has 4 nitrogen and oxygen atoms in total. The third-order valence-electron chi connectivity index (χ3n) is 5.14. The average Bonchev–Trinajstić information content (AvgIpc) is 3.24. The van der Waals surface area contributed by atoms with Crippen LogP contribution < -0.4 is 5.32 Å². The first-order valence-electron chi connectivity index (χ1n) is 7.68. The highest BCUT2D eigenvalue weighted by molar-refractivity contribution is 5.96. The fourth-order valence-electron chi connectivity index (χ4n) is 3.48. The number of nitrogens with one attached hydrogen (secondary N) is 1. The zero-order valence-electron chi connectivity index (χ0n) is 11.9. The van der Waals surface area contributed by atoms with Gasteiger partial charge in [-0.2, -0.15) is 0 Å². The summed E-state index contributed by atoms with van der Waals surface area (Å²) < 4.78 is 0. The van der Waals surface area contributed by atoms with Crippen molar-refractivity contribution in [2.75, 3.05) is 6.54 Å². The predicted octanol–water partition coefficient (Wildman–Crippen LogP) is 1.69. The number of rotatable bonds is 5. The quantitative estimate of drug-likeness (QED) is 0.821. The molecule has 0 bridgehead atoms. The highest BCUT2D eigenvalue weighted by atomic mass is 16.2. The first kappa shape index (κ1) is 12.9. The van der Waals surface area contributed by atoms with Crippen LogP contribution in [-0.4, -0.2) is 35.3 Å². The van der Waals surface area contributed by atoms with Crippen molar-refractivity contribution in [3.05, 3.63) is 0 Å². The molecule has 4 heteroatoms. The topological polar surface area (TPSA) is 49.4 Å². The lowest BCUT2D eigenvalue weighted by Crippen LogP contribution is -2.63. The highest BCUT2D eigenvalue weighted by Gasteiger charge is 2.56. The molecule has 1 N–H and O–H groups in total. The maximum Gasteiger partial charge on any atom is 0.245 e. The van der Waals surface area contributed by atoms with E-state index >= 15 is 0 Å². The SMILES string of the molecule is CCCC1NC(=O)C(C)N(CC2(C3CC3)CC2)C1=O. The molecule has 2 saturated carbocycles. The van der Waals surface area contributed by atoms with Crippen molar-refractivity contribution in [1.29, 1.82) is 0 Å². The van der Waals surface area contributed by atoms with E-state index in [9.17, 15) is 9.59 Å². The maximum absolute atomic E-state index is 12.5. The second-order valence-electron chi connectivity index (χ2n) is 6.63. The van der Waals surface area contributed by atoms with Crippen LogP contribution >= 0.6 is 0 Å². The maximum atomic E-state index is 12.5. The molecule has 0 aromatic heterocycles. The van der Waals surface area contributed by atoms with Crippen LogP contribution in [0.3, 0.4) is 0 Å². The molecular formula is C15H24N2O2. The molecule has 2 aliphatic carbocycles. The van der Waals surface area contributed by atoms with Gasteiger partial charge >= 0.3 is 0 Å². The van der Waals surface area contributed by atoms with Gasteiger partial charge in [0.1, 0.15) is 12.1 Å². The zero-order chi connectivity index (χ0) is 13.6. The summed E-state index contributed by atoms with van der Waals surface area (Å²) in [5, 5.41) is 2.87. The number of carbonyl (C=O) groups excluding carboxylic acids is 2. The molecule has 19 heavy (non-hydrogen) atoms. The molecule has 1 heterocycles. The van der Waals surface area contributed by atoms with E-state index in [0.29, 0.717) is 5.41 Å². The Kier molecular flexibility index (Phi) is 3.06. The Balaban J connectivity index is 1.73. The monoisotopic (exact) mass is 264 g/mol. The van der Waals surface area contributed by atoms with Crippen molar-refractivity contribution in [1.82, 2.24) is 10.2 Å². The molecule has 2 atom stereocenters. The molecule has 1 saturated heterocycles. The Labute approximate surface area is 114 Å². The van der Waals surface area contributed by atoms with Crippen molar-refractivity contribution < 1.29 is 9.59 Å². The summed E-state index contributed by atoms with van der Waals surface area (Å²) >= 11 is 0. The summed E-state index contributed by atoms with van der Waals surface area (Å²) in [7, 11) is 0. The lowest BCUT2D eigenvalue weighted by molar-refractivity contribution is -0.149. The van der Waals surface area contributed by atoms with Gasteiger partial charge in [-0.1, -0.05) is 13.3 Å². The van der Waals surface area contributed by atoms with Crippen LogP contribution in [0, 0.1) is 11.3 Å². The van der Waals surface area contributed by atoms with Gasteiger partial charge in [0.25, 0.3) is 0 Å². The average molecular weight is 264 g/mol. The lowest BCUT2D eigenvalue weighted by Gasteiger charge is -2.39. The second kappa shape index (κ2) is 4.50. The van der Waals surface area contributed by atoms with Gasteiger partial charge in [0.2, 0.25) is 11.8 Å². The molecule has 2 amide bonds. The van der Waals surface area contributed by atoms with Crippen LogP contribution in [0.4, 0.5) is 0 Å². The molecule has 2 unspecified atom stereocenters. The summed E-state index contributed by atoms with van der Waals surface area (Å²) in [4.78, 5) is 26.4. The van der Waals surface area contributed by atoms with Crippen molar-refractivity contribution in [2.24, 2.45) is 11.3 Å². The van der Waals surface area contributed by atoms with Crippen LogP contribution in [0.25, 0.3) is 0 Å². The highest BCUT2D eigenvalue weighted by Crippen LogP contribution is 2.61. The van der Waals surface area contributed by atoms with Gasteiger partial charge in [0.15, 0.2) is 0 Å². The Bertz CT molecular complexity index is 399. The number of amides is 2. The Morgan fingerprint density at radius 3 is 2.53 bits per heavy atom. The van der Waals surface area contributed by atoms with Crippen molar-refractivity contribution in [3.8, 4) is 0 Å². The molecule has 106 valence electrons. The molecule has 3 fully saturated rings. The molecule has 0 aromatic rings. The van der Waals surface area contributed by atoms with Crippen LogP contribution in [-0.2, 0) is 9.59 Å². The summed E-state index contributed by atoms with van der Waals surface area (Å²) in [6.45, 7) is 4.72. The minimum absolute atomic E-state index is 0.0182. The van der Waals surface area contributed by atoms with E-state index < -0.39 is 0 Å². The molecule has 3 aliphatic rings. The van der Waals surface area contributed by atoms with Crippen molar-refractivity contribution in [2.45, 2.75) is 64.5 Å². The van der Waals surface area contributed by atoms with Crippen LogP contribution in [0.5, 0.6) is 0 Å². The van der Waals surface area contributed by atoms with E-state index in [2.05, 4.69) is 5.32 Å². The van der Waals surface area contributed by atoms with Gasteiger partial charge in [-0.25, -0.2) is 0 Å². The predicted molar refractivity (Wildman–Crippen MR) is 72.4 cm³/mol. The number of piperazine rings is 1. The summed E-state index contributed by atoms with van der Waals surface area (Å²) in [5.74, 6) is 0.979. The molecule has 3 rings (SSSR count). The minimum atomic E-state index is -0.295. The summed E-state index contributed by atoms with van der Waals surface area (Å²) in [6.07, 6.45) is 6.81. The van der Waals surface area contributed by atoms with E-state index in [1.54, 1.807) is 0 Å². The van der Waals surface area contributed by atoms with Gasteiger partial charge in [-0.3, -0.25) is 9.59 Å². The van der Waals surface area contributed by atoms with Gasteiger partial charge in [0.05, 0.1) is 0 Å². The van der Waals surface area contributed by atoms with Crippen molar-refractivity contribution >= 4 is 11.8 Å². The first-order valence-corrected chi connectivity index (χ1v) is 7.68. The van der Waals surface area contributed by atoms with Gasteiger partial charge < -0.3 is 10.2 Å². The van der Waals surface area contributed by atoms with E-state index in [0.717, 1.165) is 25.3 Å². The third kappa shape index (κ3) is 2.26. The Morgan fingerprint density at radius 1 is 1.32 bits per heavy atom. The van der Waals surface area contributed by atoms with Gasteiger partial charge in [0, 0.05) is 6.54 Å². The largest absolute Gasteiger partial charge is 0.343 e. The van der Waals surface area contributed by atoms with Crippen LogP contribution in [0.15, 0.2) is 0 Å². The standard InChI is InChI=1S/C15H24N2O2/c1-3-4-12-14(19)17(10(2)13(18)16-12)9-15(7-8-15)11-5-6-11/h10-12H,3-9H2,1-2H3,(H,16,18).